The van der Waals surface area contributed by atoms with Gasteiger partial charge in [-0.15, -0.1) is 0 Å². The number of nitrogens with one attached hydrogen (secondary N) is 1. The second kappa shape index (κ2) is 1.35. The lowest BCUT2D eigenvalue weighted by molar-refractivity contribution is 0.101. The van der Waals surface area contributed by atoms with Crippen molar-refractivity contribution >= 4 is 11.6 Å². The van der Waals surface area contributed by atoms with Gasteiger partial charge < -0.3 is 5.32 Å². The zero-order valence-corrected chi connectivity index (χ0v) is 4.72. The minimum absolute atomic E-state index is 0.0330. The number of rotatable bonds is 0. The highest BCUT2D eigenvalue weighted by Gasteiger charge is 2.19. The van der Waals surface area contributed by atoms with Crippen molar-refractivity contribution < 1.29 is 4.79 Å². The molecule has 1 aliphatic rings. The maximum Gasteiger partial charge on any atom is 0.257 e. The fraction of sp³-hybridized carbons (Fsp3) is 0. The van der Waals surface area contributed by atoms with Gasteiger partial charge in [-0.2, -0.15) is 0 Å². The van der Waals surface area contributed by atoms with Gasteiger partial charge in [0.15, 0.2) is 0 Å². The van der Waals surface area contributed by atoms with E-state index in [1.54, 1.807) is 0 Å². The van der Waals surface area contributed by atoms with Gasteiger partial charge in [-0.05, 0) is 12.1 Å². The van der Waals surface area contributed by atoms with E-state index in [1.165, 1.54) is 0 Å². The van der Waals surface area contributed by atoms with Crippen molar-refractivity contribution in [1.82, 2.24) is 0 Å². The summed E-state index contributed by atoms with van der Waals surface area (Å²) < 4.78 is 0. The van der Waals surface area contributed by atoms with E-state index in [0.29, 0.717) is 0 Å². The fourth-order valence-electron chi connectivity index (χ4n) is 0.917. The number of para-hydroxylation sites is 1. The number of carbonyl (C=O) groups excluding carboxylic acids is 1. The molecule has 2 heteroatoms. The first-order valence-electron chi connectivity index (χ1n) is 2.78. The van der Waals surface area contributed by atoms with E-state index in [0.717, 1.165) is 11.3 Å². The predicted molar refractivity (Wildman–Crippen MR) is 34.4 cm³/mol. The molecule has 1 amide bonds. The Hall–Kier alpha value is -1.31. The average molecular weight is 119 g/mol. The van der Waals surface area contributed by atoms with E-state index in [2.05, 4.69) is 5.32 Å². The van der Waals surface area contributed by atoms with Crippen molar-refractivity contribution in [3.63, 3.8) is 0 Å². The summed E-state index contributed by atoms with van der Waals surface area (Å²) in [5, 5.41) is 2.65. The van der Waals surface area contributed by atoms with Crippen molar-refractivity contribution in [2.75, 3.05) is 5.32 Å². The maximum atomic E-state index is 10.6. The highest BCUT2D eigenvalue weighted by molar-refractivity contribution is 6.17. The lowest BCUT2D eigenvalue weighted by atomic mass is 10.1. The van der Waals surface area contributed by atoms with Crippen LogP contribution in [0.1, 0.15) is 10.4 Å². The van der Waals surface area contributed by atoms with Crippen LogP contribution in [-0.4, -0.2) is 5.91 Å². The van der Waals surface area contributed by atoms with Crippen LogP contribution in [0.5, 0.6) is 0 Å². The molecule has 2 nitrogen and oxygen atoms in total. The molecule has 0 saturated heterocycles. The summed E-state index contributed by atoms with van der Waals surface area (Å²) in [5.41, 5.74) is 1.75. The number of fused-ring (bicyclic) bond motifs is 1. The van der Waals surface area contributed by atoms with Gasteiger partial charge in [-0.3, -0.25) is 4.79 Å². The Morgan fingerprint density at radius 1 is 1.22 bits per heavy atom. The Morgan fingerprint density at radius 2 is 2.00 bits per heavy atom. The SMILES string of the molecule is O=C1Nc2ccccc21. The van der Waals surface area contributed by atoms with E-state index < -0.39 is 0 Å². The van der Waals surface area contributed by atoms with Gasteiger partial charge in [-0.1, -0.05) is 12.1 Å². The molecule has 0 fully saturated rings. The van der Waals surface area contributed by atoms with Crippen LogP contribution in [0.15, 0.2) is 24.3 Å². The average Bonchev–Trinajstić information content (AvgIpc) is 1.86. The molecule has 0 saturated carbocycles. The summed E-state index contributed by atoms with van der Waals surface area (Å²) in [6.45, 7) is 0. The van der Waals surface area contributed by atoms with Crippen molar-refractivity contribution in [3.8, 4) is 0 Å². The topological polar surface area (TPSA) is 29.1 Å². The molecule has 2 rings (SSSR count). The summed E-state index contributed by atoms with van der Waals surface area (Å²) in [4.78, 5) is 10.6. The van der Waals surface area contributed by atoms with E-state index in [1.807, 2.05) is 24.3 Å². The van der Waals surface area contributed by atoms with Crippen molar-refractivity contribution in [2.24, 2.45) is 0 Å². The fourth-order valence-corrected chi connectivity index (χ4v) is 0.917. The standard InChI is InChI=1S/C7H5NO/c9-7-5-3-1-2-4-6(5)8-7/h1-4H,(H,8,9). The van der Waals surface area contributed by atoms with E-state index in [9.17, 15) is 4.79 Å². The molecular formula is C7H5NO. The molecule has 44 valence electrons. The Balaban J connectivity index is 2.63. The first kappa shape index (κ1) is 4.56. The molecule has 1 aliphatic heterocycles. The third kappa shape index (κ3) is 0.470. The molecule has 0 bridgehead atoms. The molecule has 0 spiro atoms. The first-order valence-corrected chi connectivity index (χ1v) is 2.78. The van der Waals surface area contributed by atoms with Crippen LogP contribution in [0.4, 0.5) is 5.69 Å². The minimum atomic E-state index is 0.0330. The smallest absolute Gasteiger partial charge is 0.257 e. The molecule has 1 heterocycles. The minimum Gasteiger partial charge on any atom is -0.321 e. The highest BCUT2D eigenvalue weighted by Crippen LogP contribution is 2.23. The van der Waals surface area contributed by atoms with E-state index in [-0.39, 0.29) is 5.91 Å². The zero-order chi connectivity index (χ0) is 6.27. The first-order chi connectivity index (χ1) is 4.38. The maximum absolute atomic E-state index is 10.6. The molecular weight excluding hydrogens is 114 g/mol. The van der Waals surface area contributed by atoms with Crippen LogP contribution in [0.2, 0.25) is 0 Å². The molecule has 0 radical (unpaired) electrons. The number of carbonyl (C=O) groups is 1. The second-order valence-electron chi connectivity index (χ2n) is 2.00. The van der Waals surface area contributed by atoms with Gasteiger partial charge in [0.1, 0.15) is 0 Å². The quantitative estimate of drug-likeness (QED) is 0.547. The van der Waals surface area contributed by atoms with Gasteiger partial charge in [0, 0.05) is 0 Å². The second-order valence-corrected chi connectivity index (χ2v) is 2.00. The number of hydrogen-bond acceptors (Lipinski definition) is 1. The van der Waals surface area contributed by atoms with Crippen LogP contribution in [0.3, 0.4) is 0 Å². The molecule has 0 aromatic heterocycles. The van der Waals surface area contributed by atoms with Crippen LogP contribution < -0.4 is 5.32 Å². The third-order valence-electron chi connectivity index (χ3n) is 1.42. The highest BCUT2D eigenvalue weighted by atomic mass is 16.2. The monoisotopic (exact) mass is 119 g/mol. The summed E-state index contributed by atoms with van der Waals surface area (Å²) >= 11 is 0. The summed E-state index contributed by atoms with van der Waals surface area (Å²) in [6, 6.07) is 7.46. The van der Waals surface area contributed by atoms with Crippen LogP contribution in [-0.2, 0) is 0 Å². The Labute approximate surface area is 52.5 Å². The van der Waals surface area contributed by atoms with Crippen molar-refractivity contribution in [2.45, 2.75) is 0 Å². The number of anilines is 1. The number of benzene rings is 1. The zero-order valence-electron chi connectivity index (χ0n) is 4.72. The largest absolute Gasteiger partial charge is 0.321 e. The molecule has 9 heavy (non-hydrogen) atoms. The summed E-state index contributed by atoms with van der Waals surface area (Å²) in [5.74, 6) is 0.0330. The number of hydrogen-bond donors (Lipinski definition) is 1. The molecule has 1 aromatic carbocycles. The summed E-state index contributed by atoms with van der Waals surface area (Å²) in [7, 11) is 0. The Morgan fingerprint density at radius 3 is 2.56 bits per heavy atom. The normalized spacial score (nSPS) is 13.6. The van der Waals surface area contributed by atoms with Gasteiger partial charge in [0.05, 0.1) is 11.3 Å². The molecule has 0 atom stereocenters. The lowest BCUT2D eigenvalue weighted by Crippen LogP contribution is -2.23. The molecule has 0 aliphatic carbocycles. The van der Waals surface area contributed by atoms with Crippen LogP contribution >= 0.6 is 0 Å². The summed E-state index contributed by atoms with van der Waals surface area (Å²) in [6.07, 6.45) is 0. The van der Waals surface area contributed by atoms with Gasteiger partial charge in [-0.25, -0.2) is 0 Å². The van der Waals surface area contributed by atoms with Gasteiger partial charge in [0.2, 0.25) is 0 Å². The Kier molecular flexibility index (Phi) is 0.681. The van der Waals surface area contributed by atoms with Crippen LogP contribution in [0.25, 0.3) is 0 Å². The Bertz CT molecular complexity index is 267. The van der Waals surface area contributed by atoms with Crippen molar-refractivity contribution in [1.29, 1.82) is 0 Å². The van der Waals surface area contributed by atoms with Gasteiger partial charge >= 0.3 is 0 Å². The number of amides is 1. The van der Waals surface area contributed by atoms with Gasteiger partial charge in [0.25, 0.3) is 5.91 Å². The predicted octanol–water partition coefficient (Wildman–Crippen LogP) is 1.25. The van der Waals surface area contributed by atoms with E-state index >= 15 is 0 Å². The van der Waals surface area contributed by atoms with E-state index in [4.69, 9.17) is 0 Å². The molecule has 1 N–H and O–H groups in total. The third-order valence-corrected chi connectivity index (χ3v) is 1.42. The molecule has 1 aromatic rings. The van der Waals surface area contributed by atoms with Crippen molar-refractivity contribution in [3.05, 3.63) is 29.8 Å². The molecule has 0 unspecified atom stereocenters. The van der Waals surface area contributed by atoms with Crippen LogP contribution in [0, 0.1) is 0 Å². The lowest BCUT2D eigenvalue weighted by Gasteiger charge is -2.17.